The molecule has 0 saturated carbocycles. The number of aromatic nitrogens is 1. The van der Waals surface area contributed by atoms with Gasteiger partial charge in [0.15, 0.2) is 0 Å². The van der Waals surface area contributed by atoms with E-state index in [9.17, 15) is 9.59 Å². The van der Waals surface area contributed by atoms with Crippen LogP contribution in [0, 0.1) is 0 Å². The number of methoxy groups -OCH3 is 1. The third-order valence-electron chi connectivity index (χ3n) is 3.56. The molecular formula is C15H14N2O3S. The van der Waals surface area contributed by atoms with Crippen LogP contribution in [0.4, 0.5) is 0 Å². The molecule has 5 nitrogen and oxygen atoms in total. The summed E-state index contributed by atoms with van der Waals surface area (Å²) < 4.78 is 4.78. The summed E-state index contributed by atoms with van der Waals surface area (Å²) in [6.45, 7) is 1.07. The summed E-state index contributed by atoms with van der Waals surface area (Å²) in [6, 6.07) is 3.69. The fourth-order valence-corrected chi connectivity index (χ4v) is 3.20. The zero-order valence-electron chi connectivity index (χ0n) is 11.5. The van der Waals surface area contributed by atoms with Gasteiger partial charge in [-0.15, -0.1) is 11.3 Å². The minimum atomic E-state index is -0.377. The molecule has 3 rings (SSSR count). The minimum Gasteiger partial charge on any atom is -0.465 e. The van der Waals surface area contributed by atoms with Crippen molar-refractivity contribution in [3.05, 3.63) is 51.5 Å². The summed E-state index contributed by atoms with van der Waals surface area (Å²) in [5.41, 5.74) is 2.35. The number of pyridine rings is 1. The van der Waals surface area contributed by atoms with Gasteiger partial charge in [0.25, 0.3) is 5.91 Å². The summed E-state index contributed by atoms with van der Waals surface area (Å²) >= 11 is 1.44. The van der Waals surface area contributed by atoms with Gasteiger partial charge in [0.1, 0.15) is 0 Å². The van der Waals surface area contributed by atoms with Crippen LogP contribution in [0.3, 0.4) is 0 Å². The quantitative estimate of drug-likeness (QED) is 0.797. The summed E-state index contributed by atoms with van der Waals surface area (Å²) in [6.07, 6.45) is 3.89. The van der Waals surface area contributed by atoms with Crippen molar-refractivity contribution >= 4 is 23.2 Å². The third-order valence-corrected chi connectivity index (χ3v) is 4.42. The van der Waals surface area contributed by atoms with Crippen LogP contribution < -0.4 is 0 Å². The number of thiophene rings is 1. The number of ether oxygens (including phenoxy) is 1. The first-order valence-electron chi connectivity index (χ1n) is 6.57. The predicted octanol–water partition coefficient (Wildman–Crippen LogP) is 2.13. The second-order valence-electron chi connectivity index (χ2n) is 4.77. The summed E-state index contributed by atoms with van der Waals surface area (Å²) in [4.78, 5) is 30.7. The molecule has 0 radical (unpaired) electrons. The van der Waals surface area contributed by atoms with Crippen molar-refractivity contribution in [1.82, 2.24) is 9.88 Å². The van der Waals surface area contributed by atoms with E-state index in [0.717, 1.165) is 16.0 Å². The molecule has 2 aromatic heterocycles. The Balaban J connectivity index is 1.87. The summed E-state index contributed by atoms with van der Waals surface area (Å²) in [7, 11) is 1.36. The lowest BCUT2D eigenvalue weighted by Crippen LogP contribution is -2.36. The molecule has 3 heterocycles. The van der Waals surface area contributed by atoms with Crippen molar-refractivity contribution in [1.29, 1.82) is 0 Å². The number of carbonyl (C=O) groups is 2. The minimum absolute atomic E-state index is 0.0270. The largest absolute Gasteiger partial charge is 0.465 e. The van der Waals surface area contributed by atoms with E-state index in [1.165, 1.54) is 24.6 Å². The Morgan fingerprint density at radius 2 is 2.24 bits per heavy atom. The van der Waals surface area contributed by atoms with Gasteiger partial charge in [-0.3, -0.25) is 9.78 Å². The maximum atomic E-state index is 12.4. The first-order valence-corrected chi connectivity index (χ1v) is 7.45. The van der Waals surface area contributed by atoms with Gasteiger partial charge in [-0.1, -0.05) is 6.07 Å². The van der Waals surface area contributed by atoms with Gasteiger partial charge in [-0.05, 0) is 29.0 Å². The Kier molecular flexibility index (Phi) is 3.70. The number of nitrogens with zero attached hydrogens (tertiary/aromatic N) is 2. The van der Waals surface area contributed by atoms with Gasteiger partial charge in [0, 0.05) is 25.5 Å². The summed E-state index contributed by atoms with van der Waals surface area (Å²) in [5.74, 6) is -0.350. The van der Waals surface area contributed by atoms with Gasteiger partial charge >= 0.3 is 5.97 Å². The van der Waals surface area contributed by atoms with Crippen LogP contribution in [0.2, 0.25) is 0 Å². The van der Waals surface area contributed by atoms with Crippen molar-refractivity contribution in [3.8, 4) is 0 Å². The molecule has 0 unspecified atom stereocenters. The first kappa shape index (κ1) is 13.8. The molecule has 0 aliphatic carbocycles. The van der Waals surface area contributed by atoms with E-state index < -0.39 is 0 Å². The number of hydrogen-bond donors (Lipinski definition) is 0. The number of esters is 1. The fraction of sp³-hybridized carbons (Fsp3) is 0.267. The van der Waals surface area contributed by atoms with Gasteiger partial charge in [-0.25, -0.2) is 4.79 Å². The maximum absolute atomic E-state index is 12.4. The fourth-order valence-electron chi connectivity index (χ4n) is 2.51. The van der Waals surface area contributed by atoms with E-state index in [1.807, 2.05) is 17.5 Å². The van der Waals surface area contributed by atoms with Crippen molar-refractivity contribution in [2.24, 2.45) is 0 Å². The Labute approximate surface area is 126 Å². The third kappa shape index (κ3) is 2.54. The Hall–Kier alpha value is -2.21. The standard InChI is InChI=1S/C15H14N2O3S/c1-20-15(19)12-8-16-7-10-9-17(5-4-11(10)12)14(18)13-3-2-6-21-13/h2-3,6-8H,4-5,9H2,1H3. The molecule has 0 N–H and O–H groups in total. The molecule has 108 valence electrons. The molecule has 0 atom stereocenters. The van der Waals surface area contributed by atoms with Gasteiger partial charge < -0.3 is 9.64 Å². The smallest absolute Gasteiger partial charge is 0.339 e. The molecule has 0 aromatic carbocycles. The van der Waals surface area contributed by atoms with E-state index in [2.05, 4.69) is 4.98 Å². The maximum Gasteiger partial charge on any atom is 0.339 e. The number of fused-ring (bicyclic) bond motifs is 1. The number of rotatable bonds is 2. The van der Waals surface area contributed by atoms with E-state index >= 15 is 0 Å². The monoisotopic (exact) mass is 302 g/mol. The van der Waals surface area contributed by atoms with E-state index in [0.29, 0.717) is 25.1 Å². The molecule has 0 spiro atoms. The highest BCUT2D eigenvalue weighted by molar-refractivity contribution is 7.12. The Morgan fingerprint density at radius 1 is 1.38 bits per heavy atom. The molecule has 1 aliphatic rings. The SMILES string of the molecule is COC(=O)c1cncc2c1CCN(C(=O)c1cccs1)C2. The van der Waals surface area contributed by atoms with Crippen LogP contribution in [0.5, 0.6) is 0 Å². The normalized spacial score (nSPS) is 13.7. The highest BCUT2D eigenvalue weighted by Crippen LogP contribution is 2.24. The average Bonchev–Trinajstić information content (AvgIpc) is 3.06. The van der Waals surface area contributed by atoms with E-state index in [-0.39, 0.29) is 11.9 Å². The number of hydrogen-bond acceptors (Lipinski definition) is 5. The predicted molar refractivity (Wildman–Crippen MR) is 78.3 cm³/mol. The molecule has 6 heteroatoms. The van der Waals surface area contributed by atoms with Crippen LogP contribution in [0.1, 0.15) is 31.2 Å². The second kappa shape index (κ2) is 5.65. The highest BCUT2D eigenvalue weighted by atomic mass is 32.1. The van der Waals surface area contributed by atoms with E-state index in [4.69, 9.17) is 4.74 Å². The molecule has 1 aliphatic heterocycles. The number of amides is 1. The van der Waals surface area contributed by atoms with E-state index in [1.54, 1.807) is 11.1 Å². The zero-order chi connectivity index (χ0) is 14.8. The van der Waals surface area contributed by atoms with Crippen molar-refractivity contribution in [2.45, 2.75) is 13.0 Å². The van der Waals surface area contributed by atoms with Crippen molar-refractivity contribution < 1.29 is 14.3 Å². The highest BCUT2D eigenvalue weighted by Gasteiger charge is 2.26. The van der Waals surface area contributed by atoms with Crippen LogP contribution in [-0.4, -0.2) is 35.4 Å². The first-order chi connectivity index (χ1) is 10.2. The van der Waals surface area contributed by atoms with Crippen LogP contribution in [0.15, 0.2) is 29.9 Å². The topological polar surface area (TPSA) is 59.5 Å². The van der Waals surface area contributed by atoms with Gasteiger partial charge in [-0.2, -0.15) is 0 Å². The van der Waals surface area contributed by atoms with Crippen molar-refractivity contribution in [2.75, 3.05) is 13.7 Å². The molecule has 1 amide bonds. The molecule has 0 bridgehead atoms. The molecular weight excluding hydrogens is 288 g/mol. The lowest BCUT2D eigenvalue weighted by Gasteiger charge is -2.29. The zero-order valence-corrected chi connectivity index (χ0v) is 12.4. The second-order valence-corrected chi connectivity index (χ2v) is 5.72. The van der Waals surface area contributed by atoms with Gasteiger partial charge in [0.05, 0.1) is 17.6 Å². The van der Waals surface area contributed by atoms with Crippen LogP contribution in [-0.2, 0) is 17.7 Å². The molecule has 21 heavy (non-hydrogen) atoms. The van der Waals surface area contributed by atoms with Crippen molar-refractivity contribution in [3.63, 3.8) is 0 Å². The van der Waals surface area contributed by atoms with Crippen LogP contribution >= 0.6 is 11.3 Å². The Morgan fingerprint density at radius 3 is 2.95 bits per heavy atom. The van der Waals surface area contributed by atoms with Crippen LogP contribution in [0.25, 0.3) is 0 Å². The average molecular weight is 302 g/mol. The van der Waals surface area contributed by atoms with Gasteiger partial charge in [0.2, 0.25) is 0 Å². The Bertz CT molecular complexity index is 682. The molecule has 0 fully saturated rings. The lowest BCUT2D eigenvalue weighted by molar-refractivity contribution is 0.0598. The lowest BCUT2D eigenvalue weighted by atomic mass is 9.97. The number of carbonyl (C=O) groups excluding carboxylic acids is 2. The molecule has 2 aromatic rings. The molecule has 0 saturated heterocycles. The summed E-state index contributed by atoms with van der Waals surface area (Å²) in [5, 5.41) is 1.89.